The molecule has 1 fully saturated rings. The van der Waals surface area contributed by atoms with Gasteiger partial charge in [0, 0.05) is 17.7 Å². The zero-order chi connectivity index (χ0) is 20.4. The molecular formula is C23H19FN2O2S. The zero-order valence-corrected chi connectivity index (χ0v) is 16.8. The van der Waals surface area contributed by atoms with Crippen LogP contribution < -0.4 is 0 Å². The fourth-order valence-electron chi connectivity index (χ4n) is 2.96. The Morgan fingerprint density at radius 2 is 1.76 bits per heavy atom. The summed E-state index contributed by atoms with van der Waals surface area (Å²) in [7, 11) is 0. The van der Waals surface area contributed by atoms with Crippen LogP contribution in [0.1, 0.15) is 19.6 Å². The first kappa shape index (κ1) is 19.2. The summed E-state index contributed by atoms with van der Waals surface area (Å²) in [5.74, 6) is 0.782. The van der Waals surface area contributed by atoms with Crippen molar-refractivity contribution in [2.45, 2.75) is 19.9 Å². The molecule has 1 aliphatic rings. The van der Waals surface area contributed by atoms with Crippen molar-refractivity contribution in [3.05, 3.63) is 83.2 Å². The lowest BCUT2D eigenvalue weighted by atomic mass is 10.2. The highest BCUT2D eigenvalue weighted by Gasteiger charge is 2.35. The number of para-hydroxylation sites is 1. The van der Waals surface area contributed by atoms with Gasteiger partial charge in [0.2, 0.25) is 0 Å². The molecule has 3 aromatic rings. The molecule has 2 heterocycles. The fourth-order valence-corrected chi connectivity index (χ4v) is 4.06. The minimum absolute atomic E-state index is 0.0188. The van der Waals surface area contributed by atoms with Crippen molar-refractivity contribution in [1.29, 1.82) is 0 Å². The van der Waals surface area contributed by atoms with Crippen LogP contribution in [0.3, 0.4) is 0 Å². The van der Waals surface area contributed by atoms with E-state index in [1.54, 1.807) is 29.2 Å². The van der Waals surface area contributed by atoms with Gasteiger partial charge in [-0.25, -0.2) is 9.38 Å². The molecule has 1 aromatic heterocycles. The number of carbonyl (C=O) groups is 1. The number of halogens is 1. The Kier molecular flexibility index (Phi) is 5.36. The lowest BCUT2D eigenvalue weighted by Gasteiger charge is -2.19. The van der Waals surface area contributed by atoms with Crippen LogP contribution >= 0.6 is 11.8 Å². The number of hydrogen-bond acceptors (Lipinski definition) is 4. The number of benzene rings is 2. The number of rotatable bonds is 4. The molecule has 1 aliphatic heterocycles. The summed E-state index contributed by atoms with van der Waals surface area (Å²) < 4.78 is 19.0. The molecule has 0 spiro atoms. The number of hydrogen-bond donors (Lipinski definition) is 0. The minimum atomic E-state index is -0.297. The Balaban J connectivity index is 1.63. The van der Waals surface area contributed by atoms with E-state index in [0.29, 0.717) is 21.6 Å². The van der Waals surface area contributed by atoms with Crippen molar-refractivity contribution in [3.63, 3.8) is 0 Å². The van der Waals surface area contributed by atoms with Gasteiger partial charge in [0.25, 0.3) is 5.91 Å². The van der Waals surface area contributed by atoms with Gasteiger partial charge in [0.05, 0.1) is 10.6 Å². The quantitative estimate of drug-likeness (QED) is 0.492. The van der Waals surface area contributed by atoms with Gasteiger partial charge in [-0.1, -0.05) is 18.2 Å². The average molecular weight is 406 g/mol. The number of aliphatic imine (C=N–C) groups is 1. The van der Waals surface area contributed by atoms with Gasteiger partial charge in [-0.3, -0.25) is 9.69 Å². The van der Waals surface area contributed by atoms with Crippen LogP contribution in [0.4, 0.5) is 10.1 Å². The highest BCUT2D eigenvalue weighted by Crippen LogP contribution is 2.36. The van der Waals surface area contributed by atoms with E-state index in [0.717, 1.165) is 11.3 Å². The van der Waals surface area contributed by atoms with E-state index >= 15 is 0 Å². The highest BCUT2D eigenvalue weighted by atomic mass is 32.2. The van der Waals surface area contributed by atoms with Gasteiger partial charge in [-0.05, 0) is 74.1 Å². The molecule has 0 atom stereocenters. The highest BCUT2D eigenvalue weighted by molar-refractivity contribution is 8.18. The number of amides is 1. The molecule has 0 unspecified atom stereocenters. The van der Waals surface area contributed by atoms with Crippen LogP contribution in [0.5, 0.6) is 0 Å². The van der Waals surface area contributed by atoms with Gasteiger partial charge < -0.3 is 4.42 Å². The van der Waals surface area contributed by atoms with Gasteiger partial charge in [0.1, 0.15) is 17.3 Å². The van der Waals surface area contributed by atoms with Crippen molar-refractivity contribution < 1.29 is 13.6 Å². The van der Waals surface area contributed by atoms with E-state index in [4.69, 9.17) is 4.42 Å². The summed E-state index contributed by atoms with van der Waals surface area (Å²) in [4.78, 5) is 19.8. The molecule has 0 N–H and O–H groups in total. The first-order valence-electron chi connectivity index (χ1n) is 9.24. The maximum absolute atomic E-state index is 13.1. The number of furan rings is 1. The molecule has 4 nitrogen and oxygen atoms in total. The van der Waals surface area contributed by atoms with E-state index in [1.165, 1.54) is 23.9 Å². The molecule has 0 radical (unpaired) electrons. The predicted octanol–water partition coefficient (Wildman–Crippen LogP) is 6.10. The van der Waals surface area contributed by atoms with E-state index in [1.807, 2.05) is 50.2 Å². The van der Waals surface area contributed by atoms with Crippen molar-refractivity contribution in [2.75, 3.05) is 0 Å². The smallest absolute Gasteiger partial charge is 0.267 e. The summed E-state index contributed by atoms with van der Waals surface area (Å²) in [5.41, 5.74) is 1.57. The lowest BCUT2D eigenvalue weighted by molar-refractivity contribution is -0.123. The maximum atomic E-state index is 13.1. The Bertz CT molecular complexity index is 1090. The van der Waals surface area contributed by atoms with Crippen molar-refractivity contribution in [1.82, 2.24) is 4.90 Å². The molecule has 0 aliphatic carbocycles. The van der Waals surface area contributed by atoms with Gasteiger partial charge >= 0.3 is 0 Å². The second-order valence-corrected chi connectivity index (χ2v) is 7.83. The number of thioether (sulfide) groups is 1. The second kappa shape index (κ2) is 8.09. The number of carbonyl (C=O) groups excluding carboxylic acids is 1. The molecule has 4 rings (SSSR count). The average Bonchev–Trinajstić information content (AvgIpc) is 3.28. The Morgan fingerprint density at radius 3 is 2.45 bits per heavy atom. The van der Waals surface area contributed by atoms with Crippen LogP contribution in [0, 0.1) is 5.82 Å². The van der Waals surface area contributed by atoms with E-state index < -0.39 is 0 Å². The fraction of sp³-hybridized carbons (Fsp3) is 0.130. The van der Waals surface area contributed by atoms with Gasteiger partial charge in [-0.2, -0.15) is 0 Å². The third kappa shape index (κ3) is 4.17. The minimum Gasteiger partial charge on any atom is -0.457 e. The molecular weight excluding hydrogens is 387 g/mol. The van der Waals surface area contributed by atoms with Crippen LogP contribution in [-0.2, 0) is 4.79 Å². The van der Waals surface area contributed by atoms with Crippen molar-refractivity contribution in [3.8, 4) is 11.3 Å². The number of nitrogens with zero attached hydrogens (tertiary/aromatic N) is 2. The van der Waals surface area contributed by atoms with Crippen LogP contribution in [0.15, 0.2) is 81.0 Å². The van der Waals surface area contributed by atoms with Gasteiger partial charge in [0.15, 0.2) is 5.17 Å². The van der Waals surface area contributed by atoms with Crippen LogP contribution in [0.2, 0.25) is 0 Å². The SMILES string of the molecule is CC(C)N1C(=O)/C(=C\c2ccc(-c3ccc(F)cc3)o2)SC1=Nc1ccccc1. The molecule has 2 aromatic carbocycles. The van der Waals surface area contributed by atoms with Crippen molar-refractivity contribution in [2.24, 2.45) is 4.99 Å². The molecule has 146 valence electrons. The first-order valence-corrected chi connectivity index (χ1v) is 10.1. The summed E-state index contributed by atoms with van der Waals surface area (Å²) in [5, 5.41) is 0.646. The molecule has 0 saturated carbocycles. The molecule has 1 saturated heterocycles. The Hall–Kier alpha value is -3.12. The summed E-state index contributed by atoms with van der Waals surface area (Å²) in [6.07, 6.45) is 1.73. The van der Waals surface area contributed by atoms with E-state index in [2.05, 4.69) is 4.99 Å². The largest absolute Gasteiger partial charge is 0.457 e. The monoisotopic (exact) mass is 406 g/mol. The molecule has 29 heavy (non-hydrogen) atoms. The normalized spacial score (nSPS) is 17.1. The first-order chi connectivity index (χ1) is 14.0. The second-order valence-electron chi connectivity index (χ2n) is 6.82. The predicted molar refractivity (Wildman–Crippen MR) is 115 cm³/mol. The number of amidine groups is 1. The third-order valence-electron chi connectivity index (χ3n) is 4.36. The third-order valence-corrected chi connectivity index (χ3v) is 5.35. The standard InChI is InChI=1S/C23H19FN2O2S/c1-15(2)26-22(27)21(29-23(26)25-18-6-4-3-5-7-18)14-19-12-13-20(28-19)16-8-10-17(24)11-9-16/h3-15H,1-2H3/b21-14+,25-23?. The van der Waals surface area contributed by atoms with E-state index in [-0.39, 0.29) is 17.8 Å². The topological polar surface area (TPSA) is 45.8 Å². The van der Waals surface area contributed by atoms with Crippen molar-refractivity contribution >= 4 is 34.6 Å². The summed E-state index contributed by atoms with van der Waals surface area (Å²) in [6.45, 7) is 3.92. The van der Waals surface area contributed by atoms with Crippen LogP contribution in [-0.4, -0.2) is 22.0 Å². The molecule has 1 amide bonds. The summed E-state index contributed by atoms with van der Waals surface area (Å²) >= 11 is 1.33. The molecule has 0 bridgehead atoms. The Labute approximate surface area is 172 Å². The maximum Gasteiger partial charge on any atom is 0.267 e. The zero-order valence-electron chi connectivity index (χ0n) is 16.0. The lowest BCUT2D eigenvalue weighted by Crippen LogP contribution is -2.35. The van der Waals surface area contributed by atoms with Gasteiger partial charge in [-0.15, -0.1) is 0 Å². The summed E-state index contributed by atoms with van der Waals surface area (Å²) in [6, 6.07) is 19.2. The molecule has 6 heteroatoms. The van der Waals surface area contributed by atoms with Crippen LogP contribution in [0.25, 0.3) is 17.4 Å². The Morgan fingerprint density at radius 1 is 1.03 bits per heavy atom. The van der Waals surface area contributed by atoms with E-state index in [9.17, 15) is 9.18 Å².